The molecule has 0 atom stereocenters. The van der Waals surface area contributed by atoms with Crippen LogP contribution in [0.2, 0.25) is 0 Å². The van der Waals surface area contributed by atoms with E-state index in [4.69, 9.17) is 0 Å². The topological polar surface area (TPSA) is 37.8 Å². The van der Waals surface area contributed by atoms with Gasteiger partial charge in [-0.15, -0.1) is 0 Å². The summed E-state index contributed by atoms with van der Waals surface area (Å²) in [6.07, 6.45) is 3.75. The quantitative estimate of drug-likeness (QED) is 0.779. The van der Waals surface area contributed by atoms with Crippen molar-refractivity contribution in [3.63, 3.8) is 0 Å². The second-order valence-electron chi connectivity index (χ2n) is 5.02. The maximum Gasteiger partial charge on any atom is 0.0758 e. The fraction of sp³-hybridized carbons (Fsp3) is 0.176. The smallest absolute Gasteiger partial charge is 0.0758 e. The molecule has 3 rings (SSSR count). The lowest BCUT2D eigenvalue weighted by Crippen LogP contribution is -2.13. The van der Waals surface area contributed by atoms with Crippen molar-refractivity contribution in [3.8, 4) is 0 Å². The molecule has 106 valence electrons. The zero-order valence-electron chi connectivity index (χ0n) is 11.8. The van der Waals surface area contributed by atoms with Gasteiger partial charge in [0.25, 0.3) is 0 Å². The van der Waals surface area contributed by atoms with Crippen LogP contribution in [0.5, 0.6) is 0 Å². The second-order valence-corrected chi connectivity index (χ2v) is 5.87. The van der Waals surface area contributed by atoms with Crippen molar-refractivity contribution < 1.29 is 0 Å². The fourth-order valence-corrected chi connectivity index (χ4v) is 2.74. The molecule has 3 nitrogen and oxygen atoms in total. The summed E-state index contributed by atoms with van der Waals surface area (Å²) in [4.78, 5) is 8.80. The lowest BCUT2D eigenvalue weighted by Gasteiger charge is -2.09. The van der Waals surface area contributed by atoms with Gasteiger partial charge in [0.2, 0.25) is 0 Å². The van der Waals surface area contributed by atoms with E-state index in [1.807, 2.05) is 31.5 Å². The number of pyridine rings is 2. The minimum atomic E-state index is 0.786. The zero-order valence-corrected chi connectivity index (χ0v) is 13.4. The molecular formula is C17H16BrN3. The van der Waals surface area contributed by atoms with E-state index in [0.29, 0.717) is 0 Å². The Morgan fingerprint density at radius 1 is 1.05 bits per heavy atom. The predicted molar refractivity (Wildman–Crippen MR) is 89.0 cm³/mol. The van der Waals surface area contributed by atoms with E-state index in [2.05, 4.69) is 55.5 Å². The van der Waals surface area contributed by atoms with Crippen molar-refractivity contribution in [2.45, 2.75) is 20.0 Å². The average molecular weight is 342 g/mol. The molecule has 0 bridgehead atoms. The molecule has 21 heavy (non-hydrogen) atoms. The Balaban J connectivity index is 1.74. The van der Waals surface area contributed by atoms with Gasteiger partial charge in [-0.05, 0) is 36.2 Å². The normalized spacial score (nSPS) is 11.0. The van der Waals surface area contributed by atoms with Gasteiger partial charge in [0.15, 0.2) is 0 Å². The van der Waals surface area contributed by atoms with Gasteiger partial charge in [0.1, 0.15) is 0 Å². The summed E-state index contributed by atoms with van der Waals surface area (Å²) in [7, 11) is 0. The number of rotatable bonds is 4. The summed E-state index contributed by atoms with van der Waals surface area (Å²) < 4.78 is 1.08. The van der Waals surface area contributed by atoms with E-state index in [9.17, 15) is 0 Å². The number of fused-ring (bicyclic) bond motifs is 1. The van der Waals surface area contributed by atoms with E-state index < -0.39 is 0 Å². The minimum Gasteiger partial charge on any atom is -0.308 e. The van der Waals surface area contributed by atoms with Gasteiger partial charge < -0.3 is 5.32 Å². The highest BCUT2D eigenvalue weighted by Gasteiger charge is 2.05. The van der Waals surface area contributed by atoms with Crippen LogP contribution >= 0.6 is 15.9 Å². The minimum absolute atomic E-state index is 0.786. The first-order valence-corrected chi connectivity index (χ1v) is 7.68. The first kappa shape index (κ1) is 14.2. The molecule has 2 heterocycles. The highest BCUT2D eigenvalue weighted by atomic mass is 79.9. The molecule has 0 amide bonds. The number of benzene rings is 1. The van der Waals surface area contributed by atoms with Gasteiger partial charge in [0.05, 0.1) is 5.52 Å². The van der Waals surface area contributed by atoms with Crippen molar-refractivity contribution in [2.24, 2.45) is 0 Å². The summed E-state index contributed by atoms with van der Waals surface area (Å²) in [5.41, 5.74) is 4.48. The van der Waals surface area contributed by atoms with E-state index in [1.165, 1.54) is 11.1 Å². The molecule has 0 spiro atoms. The van der Waals surface area contributed by atoms with Crippen LogP contribution < -0.4 is 5.32 Å². The van der Waals surface area contributed by atoms with Crippen molar-refractivity contribution in [1.82, 2.24) is 15.3 Å². The Hall–Kier alpha value is -1.78. The highest BCUT2D eigenvalue weighted by molar-refractivity contribution is 9.10. The summed E-state index contributed by atoms with van der Waals surface area (Å²) in [6.45, 7) is 3.59. The molecule has 3 aromatic rings. The van der Waals surface area contributed by atoms with Gasteiger partial charge in [-0.1, -0.05) is 34.1 Å². The number of aryl methyl sites for hydroxylation is 1. The Kier molecular flexibility index (Phi) is 4.27. The zero-order chi connectivity index (χ0) is 14.7. The largest absolute Gasteiger partial charge is 0.308 e. The van der Waals surface area contributed by atoms with E-state index in [-0.39, 0.29) is 0 Å². The van der Waals surface area contributed by atoms with Crippen molar-refractivity contribution in [1.29, 1.82) is 0 Å². The van der Waals surface area contributed by atoms with Crippen LogP contribution in [0.1, 0.15) is 16.8 Å². The van der Waals surface area contributed by atoms with Gasteiger partial charge in [-0.2, -0.15) is 0 Å². The van der Waals surface area contributed by atoms with E-state index >= 15 is 0 Å². The number of aromatic nitrogens is 2. The Labute approximate surface area is 132 Å². The molecule has 1 N–H and O–H groups in total. The SMILES string of the molecule is Cc1ccc(CNCc2ccc(Br)c3cccnc23)cn1. The van der Waals surface area contributed by atoms with Crippen LogP contribution in [0.3, 0.4) is 0 Å². The van der Waals surface area contributed by atoms with E-state index in [1.54, 1.807) is 0 Å². The molecule has 0 radical (unpaired) electrons. The monoisotopic (exact) mass is 341 g/mol. The summed E-state index contributed by atoms with van der Waals surface area (Å²) in [6, 6.07) is 12.4. The molecule has 0 aliphatic heterocycles. The third kappa shape index (κ3) is 3.28. The van der Waals surface area contributed by atoms with Crippen LogP contribution in [-0.2, 0) is 13.1 Å². The molecule has 0 unspecified atom stereocenters. The third-order valence-corrected chi connectivity index (χ3v) is 4.11. The van der Waals surface area contributed by atoms with Crippen molar-refractivity contribution in [3.05, 3.63) is 70.1 Å². The molecule has 1 aromatic carbocycles. The fourth-order valence-electron chi connectivity index (χ4n) is 2.28. The third-order valence-electron chi connectivity index (χ3n) is 3.42. The Morgan fingerprint density at radius 3 is 2.76 bits per heavy atom. The number of hydrogen-bond acceptors (Lipinski definition) is 3. The van der Waals surface area contributed by atoms with Crippen LogP contribution in [0.4, 0.5) is 0 Å². The van der Waals surface area contributed by atoms with Gasteiger partial charge in [-0.3, -0.25) is 9.97 Å². The van der Waals surface area contributed by atoms with Crippen LogP contribution in [0.15, 0.2) is 53.3 Å². The lowest BCUT2D eigenvalue weighted by molar-refractivity contribution is 0.693. The highest BCUT2D eigenvalue weighted by Crippen LogP contribution is 2.25. The standard InChI is InChI=1S/C17H16BrN3/c1-12-4-5-13(10-21-12)9-19-11-14-6-7-16(18)15-3-2-8-20-17(14)15/h2-8,10,19H,9,11H2,1H3. The Morgan fingerprint density at radius 2 is 1.95 bits per heavy atom. The maximum absolute atomic E-state index is 4.50. The molecule has 0 aliphatic rings. The molecule has 0 saturated heterocycles. The van der Waals surface area contributed by atoms with E-state index in [0.717, 1.165) is 34.2 Å². The number of halogens is 1. The molecule has 4 heteroatoms. The van der Waals surface area contributed by atoms with Crippen molar-refractivity contribution >= 4 is 26.8 Å². The first-order valence-electron chi connectivity index (χ1n) is 6.88. The predicted octanol–water partition coefficient (Wildman–Crippen LogP) is 3.99. The molecular weight excluding hydrogens is 326 g/mol. The van der Waals surface area contributed by atoms with Crippen molar-refractivity contribution in [2.75, 3.05) is 0 Å². The molecule has 2 aromatic heterocycles. The van der Waals surface area contributed by atoms with Gasteiger partial charge >= 0.3 is 0 Å². The summed E-state index contributed by atoms with van der Waals surface area (Å²) >= 11 is 3.57. The molecule has 0 saturated carbocycles. The average Bonchev–Trinajstić information content (AvgIpc) is 2.52. The molecule has 0 fully saturated rings. The van der Waals surface area contributed by atoms with Crippen LogP contribution in [0, 0.1) is 6.92 Å². The Bertz CT molecular complexity index is 754. The first-order chi connectivity index (χ1) is 10.2. The maximum atomic E-state index is 4.50. The number of nitrogens with zero attached hydrogens (tertiary/aromatic N) is 2. The lowest BCUT2D eigenvalue weighted by atomic mass is 10.1. The van der Waals surface area contributed by atoms with Gasteiger partial charge in [-0.25, -0.2) is 0 Å². The molecule has 0 aliphatic carbocycles. The van der Waals surface area contributed by atoms with Crippen LogP contribution in [0.25, 0.3) is 10.9 Å². The van der Waals surface area contributed by atoms with Crippen LogP contribution in [-0.4, -0.2) is 9.97 Å². The second kappa shape index (κ2) is 6.33. The number of nitrogens with one attached hydrogen (secondary N) is 1. The van der Waals surface area contributed by atoms with Gasteiger partial charge in [0, 0.05) is 41.0 Å². The number of hydrogen-bond donors (Lipinski definition) is 1. The summed E-state index contributed by atoms with van der Waals surface area (Å²) in [5, 5.41) is 4.60. The summed E-state index contributed by atoms with van der Waals surface area (Å²) in [5.74, 6) is 0.